The number of fused-ring (bicyclic) bond motifs is 1. The number of halogens is 1. The summed E-state index contributed by atoms with van der Waals surface area (Å²) in [6, 6.07) is 7.16. The molecular formula is C13H10ClN3O2S. The smallest absolute Gasteiger partial charge is 0.313 e. The number of aromatic nitrogens is 2. The van der Waals surface area contributed by atoms with Crippen molar-refractivity contribution in [1.82, 2.24) is 9.55 Å². The number of hydrogen-bond acceptors (Lipinski definition) is 4. The van der Waals surface area contributed by atoms with E-state index in [9.17, 15) is 4.79 Å². The van der Waals surface area contributed by atoms with Gasteiger partial charge in [0.15, 0.2) is 5.16 Å². The molecule has 0 aliphatic rings. The maximum Gasteiger partial charge on any atom is 0.313 e. The third-order valence-electron chi connectivity index (χ3n) is 2.50. The Hall–Kier alpha value is -1.97. The fourth-order valence-corrected chi connectivity index (χ4v) is 2.58. The Morgan fingerprint density at radius 3 is 2.95 bits per heavy atom. The van der Waals surface area contributed by atoms with E-state index in [-0.39, 0.29) is 5.75 Å². The number of imidazole rings is 1. The SMILES string of the molecule is C=C(Cl)Cn1c(SCC(=O)O)nc2ccc(C#N)cc21. The van der Waals surface area contributed by atoms with Crippen LogP contribution < -0.4 is 0 Å². The Bertz CT molecular complexity index is 733. The normalized spacial score (nSPS) is 10.4. The maximum absolute atomic E-state index is 10.7. The van der Waals surface area contributed by atoms with Gasteiger partial charge in [0.1, 0.15) is 0 Å². The van der Waals surface area contributed by atoms with Crippen molar-refractivity contribution in [1.29, 1.82) is 5.26 Å². The molecule has 7 heteroatoms. The molecule has 0 amide bonds. The van der Waals surface area contributed by atoms with Crippen molar-refractivity contribution in [3.63, 3.8) is 0 Å². The molecule has 0 atom stereocenters. The fourth-order valence-electron chi connectivity index (χ4n) is 1.73. The van der Waals surface area contributed by atoms with E-state index in [1.54, 1.807) is 22.8 Å². The monoisotopic (exact) mass is 307 g/mol. The van der Waals surface area contributed by atoms with E-state index >= 15 is 0 Å². The van der Waals surface area contributed by atoms with E-state index in [1.807, 2.05) is 0 Å². The second-order valence-corrected chi connectivity index (χ2v) is 5.47. The highest BCUT2D eigenvalue weighted by molar-refractivity contribution is 7.99. The topological polar surface area (TPSA) is 78.9 Å². The summed E-state index contributed by atoms with van der Waals surface area (Å²) < 4.78 is 1.76. The minimum atomic E-state index is -0.920. The molecule has 0 unspecified atom stereocenters. The summed E-state index contributed by atoms with van der Waals surface area (Å²) in [5.74, 6) is -1.01. The van der Waals surface area contributed by atoms with E-state index in [0.717, 1.165) is 17.3 Å². The molecule has 2 aromatic rings. The van der Waals surface area contributed by atoms with Gasteiger partial charge in [0.05, 0.1) is 35.0 Å². The van der Waals surface area contributed by atoms with Crippen LogP contribution in [-0.4, -0.2) is 26.4 Å². The van der Waals surface area contributed by atoms with Crippen LogP contribution in [-0.2, 0) is 11.3 Å². The minimum absolute atomic E-state index is 0.0941. The third-order valence-corrected chi connectivity index (χ3v) is 3.58. The molecule has 1 N–H and O–H groups in total. The molecule has 0 saturated carbocycles. The molecular weight excluding hydrogens is 298 g/mol. The van der Waals surface area contributed by atoms with Gasteiger partial charge in [-0.05, 0) is 18.2 Å². The van der Waals surface area contributed by atoms with Crippen molar-refractivity contribution in [2.75, 3.05) is 5.75 Å². The quantitative estimate of drug-likeness (QED) is 0.859. The highest BCUT2D eigenvalue weighted by Crippen LogP contribution is 2.26. The number of carboxylic acids is 1. The van der Waals surface area contributed by atoms with Gasteiger partial charge in [0.25, 0.3) is 0 Å². The highest BCUT2D eigenvalue weighted by atomic mass is 35.5. The number of aliphatic carboxylic acids is 1. The van der Waals surface area contributed by atoms with Gasteiger partial charge in [-0.3, -0.25) is 4.79 Å². The Labute approximate surface area is 124 Å². The summed E-state index contributed by atoms with van der Waals surface area (Å²) in [4.78, 5) is 15.0. The number of allylic oxidation sites excluding steroid dienone is 1. The van der Waals surface area contributed by atoms with Crippen LogP contribution in [0.15, 0.2) is 35.0 Å². The second kappa shape index (κ2) is 5.99. The Morgan fingerprint density at radius 2 is 2.35 bits per heavy atom. The lowest BCUT2D eigenvalue weighted by Gasteiger charge is -2.06. The van der Waals surface area contributed by atoms with E-state index in [4.69, 9.17) is 22.0 Å². The van der Waals surface area contributed by atoms with Crippen LogP contribution in [0.2, 0.25) is 0 Å². The van der Waals surface area contributed by atoms with Gasteiger partial charge < -0.3 is 9.67 Å². The molecule has 0 aliphatic heterocycles. The summed E-state index contributed by atoms with van der Waals surface area (Å²) in [5, 5.41) is 18.7. The molecule has 1 aromatic heterocycles. The molecule has 0 spiro atoms. The number of rotatable bonds is 5. The molecule has 0 aliphatic carbocycles. The standard InChI is InChI=1S/C13H10ClN3O2S/c1-8(14)6-17-11-4-9(5-15)2-3-10(11)16-13(17)20-7-12(18)19/h2-4H,1,6-7H2,(H,18,19). The van der Waals surface area contributed by atoms with Gasteiger partial charge in [-0.15, -0.1) is 0 Å². The van der Waals surface area contributed by atoms with Crippen molar-refractivity contribution in [2.24, 2.45) is 0 Å². The number of hydrogen-bond donors (Lipinski definition) is 1. The van der Waals surface area contributed by atoms with Gasteiger partial charge in [0, 0.05) is 5.03 Å². The number of carbonyl (C=O) groups is 1. The first-order chi connectivity index (χ1) is 9.51. The summed E-state index contributed by atoms with van der Waals surface area (Å²) in [6.07, 6.45) is 0. The number of thioether (sulfide) groups is 1. The van der Waals surface area contributed by atoms with E-state index < -0.39 is 5.97 Å². The molecule has 0 saturated heterocycles. The lowest BCUT2D eigenvalue weighted by atomic mass is 10.2. The summed E-state index contributed by atoms with van der Waals surface area (Å²) in [5.41, 5.74) is 1.93. The average Bonchev–Trinajstić information content (AvgIpc) is 2.73. The zero-order chi connectivity index (χ0) is 14.7. The second-order valence-electron chi connectivity index (χ2n) is 4.00. The third kappa shape index (κ3) is 3.13. The zero-order valence-corrected chi connectivity index (χ0v) is 11.9. The van der Waals surface area contributed by atoms with Crippen molar-refractivity contribution >= 4 is 40.4 Å². The summed E-state index contributed by atoms with van der Waals surface area (Å²) >= 11 is 6.95. The van der Waals surface area contributed by atoms with Crippen LogP contribution in [0.3, 0.4) is 0 Å². The molecule has 0 fully saturated rings. The van der Waals surface area contributed by atoms with Crippen molar-refractivity contribution in [2.45, 2.75) is 11.7 Å². The number of nitrogens with zero attached hydrogens (tertiary/aromatic N) is 3. The predicted molar refractivity (Wildman–Crippen MR) is 77.8 cm³/mol. The molecule has 2 rings (SSSR count). The number of carboxylic acid groups (broad SMARTS) is 1. The maximum atomic E-state index is 10.7. The number of benzene rings is 1. The van der Waals surface area contributed by atoms with E-state index in [2.05, 4.69) is 17.6 Å². The van der Waals surface area contributed by atoms with Gasteiger partial charge in [-0.1, -0.05) is 29.9 Å². The fraction of sp³-hybridized carbons (Fsp3) is 0.154. The summed E-state index contributed by atoms with van der Waals surface area (Å²) in [7, 11) is 0. The predicted octanol–water partition coefficient (Wildman–Crippen LogP) is 2.84. The molecule has 1 aromatic carbocycles. The van der Waals surface area contributed by atoms with E-state index in [0.29, 0.717) is 27.8 Å². The van der Waals surface area contributed by atoms with Gasteiger partial charge in [-0.2, -0.15) is 5.26 Å². The number of nitriles is 1. The molecule has 0 bridgehead atoms. The Balaban J connectivity index is 2.52. The molecule has 0 radical (unpaired) electrons. The van der Waals surface area contributed by atoms with Gasteiger partial charge in [0.2, 0.25) is 0 Å². The molecule has 102 valence electrons. The Morgan fingerprint density at radius 1 is 1.60 bits per heavy atom. The van der Waals surface area contributed by atoms with Gasteiger partial charge in [-0.25, -0.2) is 4.98 Å². The lowest BCUT2D eigenvalue weighted by Crippen LogP contribution is -2.03. The first kappa shape index (κ1) is 14.4. The molecule has 20 heavy (non-hydrogen) atoms. The van der Waals surface area contributed by atoms with Crippen LogP contribution in [0.25, 0.3) is 11.0 Å². The van der Waals surface area contributed by atoms with Crippen LogP contribution in [0.5, 0.6) is 0 Å². The highest BCUT2D eigenvalue weighted by Gasteiger charge is 2.13. The van der Waals surface area contributed by atoms with Crippen molar-refractivity contribution in [3.05, 3.63) is 35.4 Å². The lowest BCUT2D eigenvalue weighted by molar-refractivity contribution is -0.133. The molecule has 5 nitrogen and oxygen atoms in total. The van der Waals surface area contributed by atoms with Gasteiger partial charge >= 0.3 is 5.97 Å². The summed E-state index contributed by atoms with van der Waals surface area (Å²) in [6.45, 7) is 3.96. The van der Waals surface area contributed by atoms with Crippen LogP contribution in [0, 0.1) is 11.3 Å². The molecule has 1 heterocycles. The zero-order valence-electron chi connectivity index (χ0n) is 10.3. The van der Waals surface area contributed by atoms with Crippen molar-refractivity contribution in [3.8, 4) is 6.07 Å². The van der Waals surface area contributed by atoms with Crippen LogP contribution in [0.4, 0.5) is 0 Å². The van der Waals surface area contributed by atoms with Crippen molar-refractivity contribution < 1.29 is 9.90 Å². The van der Waals surface area contributed by atoms with E-state index in [1.165, 1.54) is 0 Å². The van der Waals surface area contributed by atoms with Crippen LogP contribution in [0.1, 0.15) is 5.56 Å². The van der Waals surface area contributed by atoms with Crippen LogP contribution >= 0.6 is 23.4 Å². The largest absolute Gasteiger partial charge is 0.481 e. The first-order valence-corrected chi connectivity index (χ1v) is 6.96. The first-order valence-electron chi connectivity index (χ1n) is 5.59. The Kier molecular flexibility index (Phi) is 4.32. The minimum Gasteiger partial charge on any atom is -0.481 e. The average molecular weight is 308 g/mol.